The Labute approximate surface area is 265 Å². The van der Waals surface area contributed by atoms with Gasteiger partial charge in [-0.25, -0.2) is 0 Å². The van der Waals surface area contributed by atoms with Crippen LogP contribution >= 0.6 is 0 Å². The second-order valence-corrected chi connectivity index (χ2v) is 12.1. The second kappa shape index (κ2) is 13.5. The maximum atomic E-state index is 13.9. The molecule has 6 rings (SSSR count). The highest BCUT2D eigenvalue weighted by atomic mass is 16.2. The monoisotopic (exact) mass is 600 g/mol. The number of para-hydroxylation sites is 1. The molecule has 2 aliphatic heterocycles. The van der Waals surface area contributed by atoms with Crippen LogP contribution in [0.15, 0.2) is 97.1 Å². The Morgan fingerprint density at radius 2 is 1.42 bits per heavy atom. The summed E-state index contributed by atoms with van der Waals surface area (Å²) in [5.41, 5.74) is 6.70. The zero-order valence-corrected chi connectivity index (χ0v) is 26.0. The largest absolute Gasteiger partial charge is 0.340 e. The summed E-state index contributed by atoms with van der Waals surface area (Å²) in [7, 11) is 2.09. The number of nitrogens with zero attached hydrogens (tertiary/aromatic N) is 3. The van der Waals surface area contributed by atoms with Gasteiger partial charge in [-0.1, -0.05) is 60.7 Å². The van der Waals surface area contributed by atoms with Crippen molar-refractivity contribution >= 4 is 29.1 Å². The SMILES string of the molecule is Cc1ccccc1-c1ccccc1C(=O)Nc1ccc(C(=O)N2CCCC(CC(=O)N3CCN(C)CC3)c3ccccc32)cc1. The predicted molar refractivity (Wildman–Crippen MR) is 180 cm³/mol. The lowest BCUT2D eigenvalue weighted by molar-refractivity contribution is -0.133. The van der Waals surface area contributed by atoms with Crippen LogP contribution in [0.25, 0.3) is 11.1 Å². The molecule has 1 atom stereocenters. The van der Waals surface area contributed by atoms with Gasteiger partial charge in [0.2, 0.25) is 5.91 Å². The van der Waals surface area contributed by atoms with Crippen molar-refractivity contribution in [2.75, 3.05) is 50.0 Å². The number of hydrogen-bond acceptors (Lipinski definition) is 4. The molecule has 2 heterocycles. The Hall–Kier alpha value is -4.75. The summed E-state index contributed by atoms with van der Waals surface area (Å²) in [4.78, 5) is 46.6. The zero-order valence-electron chi connectivity index (χ0n) is 26.0. The molecule has 0 aromatic heterocycles. The van der Waals surface area contributed by atoms with Gasteiger partial charge in [-0.15, -0.1) is 0 Å². The van der Waals surface area contributed by atoms with E-state index in [0.29, 0.717) is 29.8 Å². The van der Waals surface area contributed by atoms with Crippen LogP contribution in [0, 0.1) is 6.92 Å². The molecular formula is C38H40N4O3. The van der Waals surface area contributed by atoms with Gasteiger partial charge >= 0.3 is 0 Å². The molecule has 0 aliphatic carbocycles. The standard InChI is InChI=1S/C38H40N4O3/c1-27-10-3-4-12-31(27)33-14-5-6-15-34(33)37(44)39-30-19-17-28(18-20-30)38(45)42-21-9-11-29(32-13-7-8-16-35(32)42)26-36(43)41-24-22-40(2)23-25-41/h3-8,10,12-20,29H,9,11,21-26H2,1-2H3,(H,39,44). The van der Waals surface area contributed by atoms with Crippen molar-refractivity contribution in [3.63, 3.8) is 0 Å². The number of anilines is 2. The first-order valence-electron chi connectivity index (χ1n) is 15.8. The Bertz CT molecular complexity index is 1690. The fraction of sp³-hybridized carbons (Fsp3) is 0.289. The number of hydrogen-bond donors (Lipinski definition) is 1. The van der Waals surface area contributed by atoms with Gasteiger partial charge in [-0.2, -0.15) is 0 Å². The lowest BCUT2D eigenvalue weighted by Gasteiger charge is -2.33. The number of piperazine rings is 1. The third-order valence-corrected chi connectivity index (χ3v) is 9.12. The number of carbonyl (C=O) groups excluding carboxylic acids is 3. The minimum absolute atomic E-state index is 0.0753. The maximum Gasteiger partial charge on any atom is 0.258 e. The topological polar surface area (TPSA) is 73.0 Å². The number of amides is 3. The molecule has 4 aromatic carbocycles. The fourth-order valence-electron chi connectivity index (χ4n) is 6.51. The molecule has 1 fully saturated rings. The summed E-state index contributed by atoms with van der Waals surface area (Å²) in [6, 6.07) is 30.7. The first-order valence-corrected chi connectivity index (χ1v) is 15.8. The van der Waals surface area contributed by atoms with E-state index in [1.165, 1.54) is 0 Å². The van der Waals surface area contributed by atoms with Gasteiger partial charge < -0.3 is 20.0 Å². The lowest BCUT2D eigenvalue weighted by atomic mass is 9.90. The minimum atomic E-state index is -0.202. The Kier molecular flexibility index (Phi) is 9.08. The maximum absolute atomic E-state index is 13.9. The number of benzene rings is 4. The molecule has 1 unspecified atom stereocenters. The highest BCUT2D eigenvalue weighted by molar-refractivity contribution is 6.10. The van der Waals surface area contributed by atoms with Gasteiger partial charge in [0.15, 0.2) is 0 Å². The van der Waals surface area contributed by atoms with Crippen molar-refractivity contribution in [3.05, 3.63) is 119 Å². The van der Waals surface area contributed by atoms with E-state index in [9.17, 15) is 14.4 Å². The van der Waals surface area contributed by atoms with Gasteiger partial charge in [0, 0.05) is 61.6 Å². The van der Waals surface area contributed by atoms with E-state index < -0.39 is 0 Å². The van der Waals surface area contributed by atoms with Crippen LogP contribution in [0.5, 0.6) is 0 Å². The molecule has 3 amide bonds. The summed E-state index contributed by atoms with van der Waals surface area (Å²) in [5.74, 6) is -0.0176. The summed E-state index contributed by atoms with van der Waals surface area (Å²) in [6.45, 7) is 5.96. The highest BCUT2D eigenvalue weighted by Crippen LogP contribution is 2.37. The van der Waals surface area contributed by atoms with Crippen molar-refractivity contribution in [1.82, 2.24) is 9.80 Å². The number of rotatable bonds is 6. The van der Waals surface area contributed by atoms with Crippen molar-refractivity contribution in [3.8, 4) is 11.1 Å². The van der Waals surface area contributed by atoms with E-state index in [0.717, 1.165) is 67.0 Å². The number of fused-ring (bicyclic) bond motifs is 1. The zero-order chi connectivity index (χ0) is 31.3. The summed E-state index contributed by atoms with van der Waals surface area (Å²) in [6.07, 6.45) is 2.13. The first kappa shape index (κ1) is 30.3. The highest BCUT2D eigenvalue weighted by Gasteiger charge is 2.30. The third-order valence-electron chi connectivity index (χ3n) is 9.12. The molecule has 0 radical (unpaired) electrons. The third kappa shape index (κ3) is 6.69. The molecule has 0 bridgehead atoms. The van der Waals surface area contributed by atoms with Crippen LogP contribution in [0.3, 0.4) is 0 Å². The van der Waals surface area contributed by atoms with Crippen LogP contribution < -0.4 is 10.2 Å². The van der Waals surface area contributed by atoms with E-state index in [4.69, 9.17) is 0 Å². The fourth-order valence-corrected chi connectivity index (χ4v) is 6.51. The molecule has 1 saturated heterocycles. The van der Waals surface area contributed by atoms with Crippen molar-refractivity contribution in [1.29, 1.82) is 0 Å². The quantitative estimate of drug-likeness (QED) is 0.271. The smallest absolute Gasteiger partial charge is 0.258 e. The molecule has 7 heteroatoms. The number of carbonyl (C=O) groups is 3. The average molecular weight is 601 g/mol. The molecule has 0 saturated carbocycles. The van der Waals surface area contributed by atoms with Crippen LogP contribution in [0.1, 0.15) is 57.0 Å². The van der Waals surface area contributed by atoms with Crippen molar-refractivity contribution < 1.29 is 14.4 Å². The Balaban J connectivity index is 1.16. The molecule has 0 spiro atoms. The van der Waals surface area contributed by atoms with Crippen LogP contribution in [-0.2, 0) is 4.79 Å². The second-order valence-electron chi connectivity index (χ2n) is 12.1. The van der Waals surface area contributed by atoms with E-state index in [1.54, 1.807) is 24.3 Å². The molecule has 4 aromatic rings. The van der Waals surface area contributed by atoms with Gasteiger partial charge in [-0.3, -0.25) is 14.4 Å². The van der Waals surface area contributed by atoms with Gasteiger partial charge in [-0.05, 0) is 91.4 Å². The first-order chi connectivity index (χ1) is 21.9. The number of aryl methyl sites for hydroxylation is 1. The summed E-state index contributed by atoms with van der Waals surface area (Å²) < 4.78 is 0. The van der Waals surface area contributed by atoms with Crippen molar-refractivity contribution in [2.24, 2.45) is 0 Å². The number of nitrogens with one attached hydrogen (secondary N) is 1. The molecular weight excluding hydrogens is 560 g/mol. The van der Waals surface area contributed by atoms with Crippen molar-refractivity contribution in [2.45, 2.75) is 32.1 Å². The van der Waals surface area contributed by atoms with E-state index in [2.05, 4.69) is 23.3 Å². The number of likely N-dealkylation sites (N-methyl/N-ethyl adjacent to an activating group) is 1. The molecule has 7 nitrogen and oxygen atoms in total. The van der Waals surface area contributed by atoms with Crippen LogP contribution in [0.4, 0.5) is 11.4 Å². The summed E-state index contributed by atoms with van der Waals surface area (Å²) >= 11 is 0. The molecule has 230 valence electrons. The minimum Gasteiger partial charge on any atom is -0.340 e. The van der Waals surface area contributed by atoms with E-state index in [-0.39, 0.29) is 23.6 Å². The Morgan fingerprint density at radius 3 is 2.18 bits per heavy atom. The molecule has 2 aliphatic rings. The lowest BCUT2D eigenvalue weighted by Crippen LogP contribution is -2.47. The van der Waals surface area contributed by atoms with Crippen LogP contribution in [0.2, 0.25) is 0 Å². The van der Waals surface area contributed by atoms with E-state index in [1.807, 2.05) is 83.5 Å². The molecule has 1 N–H and O–H groups in total. The average Bonchev–Trinajstić information content (AvgIpc) is 3.25. The van der Waals surface area contributed by atoms with Crippen LogP contribution in [-0.4, -0.2) is 67.3 Å². The molecule has 45 heavy (non-hydrogen) atoms. The van der Waals surface area contributed by atoms with Gasteiger partial charge in [0.25, 0.3) is 11.8 Å². The van der Waals surface area contributed by atoms with E-state index >= 15 is 0 Å². The van der Waals surface area contributed by atoms with Gasteiger partial charge in [0.1, 0.15) is 0 Å². The Morgan fingerprint density at radius 1 is 0.756 bits per heavy atom. The predicted octanol–water partition coefficient (Wildman–Crippen LogP) is 6.60. The van der Waals surface area contributed by atoms with Gasteiger partial charge in [0.05, 0.1) is 0 Å². The normalized spacial score (nSPS) is 16.9. The summed E-state index contributed by atoms with van der Waals surface area (Å²) in [5, 5.41) is 3.01.